The minimum absolute atomic E-state index is 0.0905. The van der Waals surface area contributed by atoms with E-state index in [9.17, 15) is 0 Å². The van der Waals surface area contributed by atoms with Crippen LogP contribution in [0.5, 0.6) is 0 Å². The van der Waals surface area contributed by atoms with Crippen LogP contribution in [0.15, 0.2) is 6.20 Å². The van der Waals surface area contributed by atoms with Crippen molar-refractivity contribution in [2.45, 2.75) is 57.2 Å². The second-order valence-corrected chi connectivity index (χ2v) is 5.65. The van der Waals surface area contributed by atoms with Gasteiger partial charge in [-0.3, -0.25) is 4.68 Å². The molecule has 0 aliphatic heterocycles. The lowest BCUT2D eigenvalue weighted by Gasteiger charge is -2.42. The first-order chi connectivity index (χ1) is 9.18. The molecule has 1 aromatic rings. The van der Waals surface area contributed by atoms with E-state index in [1.807, 2.05) is 18.8 Å². The topological polar surface area (TPSA) is 39.1 Å². The summed E-state index contributed by atoms with van der Waals surface area (Å²) in [5, 5.41) is 8.49. The van der Waals surface area contributed by atoms with Gasteiger partial charge in [0.25, 0.3) is 0 Å². The molecule has 5 heteroatoms. The van der Waals surface area contributed by atoms with E-state index in [0.717, 1.165) is 30.1 Å². The van der Waals surface area contributed by atoms with E-state index < -0.39 is 0 Å². The maximum atomic E-state index is 6.36. The Morgan fingerprint density at radius 2 is 2.16 bits per heavy atom. The molecule has 1 heterocycles. The molecule has 1 atom stereocenters. The lowest BCUT2D eigenvalue weighted by molar-refractivity contribution is -0.0689. The number of aromatic nitrogens is 2. The molecule has 2 rings (SSSR count). The Balaban J connectivity index is 2.39. The van der Waals surface area contributed by atoms with Crippen molar-refractivity contribution in [3.8, 4) is 0 Å². The Kier molecular flexibility index (Phi) is 4.87. The molecular formula is C14H24ClN3O. The van der Waals surface area contributed by atoms with E-state index in [1.165, 1.54) is 19.3 Å². The van der Waals surface area contributed by atoms with Crippen LogP contribution >= 0.6 is 11.6 Å². The largest absolute Gasteiger partial charge is 0.376 e. The molecule has 4 nitrogen and oxygen atoms in total. The van der Waals surface area contributed by atoms with Crippen LogP contribution in [0.2, 0.25) is 5.02 Å². The van der Waals surface area contributed by atoms with Crippen molar-refractivity contribution in [2.24, 2.45) is 0 Å². The second-order valence-electron chi connectivity index (χ2n) is 5.24. The fourth-order valence-corrected chi connectivity index (χ4v) is 3.57. The van der Waals surface area contributed by atoms with Crippen LogP contribution in [0.25, 0.3) is 0 Å². The lowest BCUT2D eigenvalue weighted by Crippen LogP contribution is -2.47. The Morgan fingerprint density at radius 3 is 2.68 bits per heavy atom. The van der Waals surface area contributed by atoms with Crippen molar-refractivity contribution in [3.05, 3.63) is 16.9 Å². The average molecular weight is 286 g/mol. The Bertz CT molecular complexity index is 413. The highest BCUT2D eigenvalue weighted by Gasteiger charge is 2.42. The van der Waals surface area contributed by atoms with Crippen molar-refractivity contribution in [1.82, 2.24) is 15.1 Å². The van der Waals surface area contributed by atoms with Crippen LogP contribution in [-0.2, 0) is 11.3 Å². The normalized spacial score (nSPS) is 20.4. The van der Waals surface area contributed by atoms with Gasteiger partial charge in [0.05, 0.1) is 28.6 Å². The van der Waals surface area contributed by atoms with Crippen LogP contribution in [0.3, 0.4) is 0 Å². The first kappa shape index (κ1) is 14.8. The van der Waals surface area contributed by atoms with Crippen LogP contribution in [0, 0.1) is 0 Å². The van der Waals surface area contributed by atoms with Gasteiger partial charge < -0.3 is 10.1 Å². The molecule has 1 saturated carbocycles. The summed E-state index contributed by atoms with van der Waals surface area (Å²) in [6, 6.07) is 0.0905. The molecule has 0 aromatic carbocycles. The van der Waals surface area contributed by atoms with Crippen molar-refractivity contribution < 1.29 is 4.74 Å². The average Bonchev–Trinajstić information content (AvgIpc) is 2.82. The molecule has 1 aliphatic rings. The summed E-state index contributed by atoms with van der Waals surface area (Å²) in [5.74, 6) is 0. The monoisotopic (exact) mass is 285 g/mol. The number of hydrogen-bond acceptors (Lipinski definition) is 3. The highest BCUT2D eigenvalue weighted by molar-refractivity contribution is 6.31. The third kappa shape index (κ3) is 2.67. The zero-order valence-electron chi connectivity index (χ0n) is 12.1. The van der Waals surface area contributed by atoms with Gasteiger partial charge in [-0.15, -0.1) is 0 Å². The Labute approximate surface area is 120 Å². The predicted molar refractivity (Wildman–Crippen MR) is 77.5 cm³/mol. The highest BCUT2D eigenvalue weighted by atomic mass is 35.5. The minimum atomic E-state index is -0.163. The maximum absolute atomic E-state index is 6.36. The second kappa shape index (κ2) is 6.25. The van der Waals surface area contributed by atoms with Gasteiger partial charge in [-0.25, -0.2) is 0 Å². The number of methoxy groups -OCH3 is 1. The van der Waals surface area contributed by atoms with Crippen molar-refractivity contribution in [1.29, 1.82) is 0 Å². The fourth-order valence-electron chi connectivity index (χ4n) is 3.32. The van der Waals surface area contributed by atoms with Gasteiger partial charge in [0.1, 0.15) is 0 Å². The molecule has 0 bridgehead atoms. The number of likely N-dealkylation sites (N-methyl/N-ethyl adjacent to an activating group) is 1. The van der Waals surface area contributed by atoms with E-state index in [4.69, 9.17) is 16.3 Å². The van der Waals surface area contributed by atoms with Gasteiger partial charge in [0.2, 0.25) is 0 Å². The van der Waals surface area contributed by atoms with Crippen LogP contribution in [0.4, 0.5) is 0 Å². The summed E-state index contributed by atoms with van der Waals surface area (Å²) >= 11 is 6.36. The maximum Gasteiger partial charge on any atom is 0.0888 e. The third-order valence-corrected chi connectivity index (χ3v) is 4.62. The molecule has 0 radical (unpaired) electrons. The van der Waals surface area contributed by atoms with E-state index in [2.05, 4.69) is 17.3 Å². The van der Waals surface area contributed by atoms with E-state index >= 15 is 0 Å². The Morgan fingerprint density at radius 1 is 1.47 bits per heavy atom. The number of halogens is 1. The van der Waals surface area contributed by atoms with Crippen molar-refractivity contribution in [3.63, 3.8) is 0 Å². The number of aryl methyl sites for hydroxylation is 1. The van der Waals surface area contributed by atoms with Gasteiger partial charge >= 0.3 is 0 Å². The first-order valence-corrected chi connectivity index (χ1v) is 7.50. The molecule has 0 spiro atoms. The predicted octanol–water partition coefficient (Wildman–Crippen LogP) is 3.17. The number of ether oxygens (including phenoxy) is 1. The third-order valence-electron chi connectivity index (χ3n) is 4.33. The molecule has 1 fully saturated rings. The Hall–Kier alpha value is -0.580. The van der Waals surface area contributed by atoms with E-state index in [1.54, 1.807) is 6.20 Å². The quantitative estimate of drug-likeness (QED) is 0.903. The summed E-state index contributed by atoms with van der Waals surface area (Å²) in [7, 11) is 3.79. The summed E-state index contributed by atoms with van der Waals surface area (Å²) in [5.41, 5.74) is 0.888. The van der Waals surface area contributed by atoms with Gasteiger partial charge in [0, 0.05) is 13.7 Å². The molecule has 0 saturated heterocycles. The van der Waals surface area contributed by atoms with Crippen LogP contribution in [0.1, 0.15) is 50.8 Å². The standard InChI is InChI=1S/C14H24ClN3O/c1-4-18-12(11(15)10-17-18)13(16-2)14(19-3)8-6-5-7-9-14/h10,13,16H,4-9H2,1-3H3. The zero-order valence-corrected chi connectivity index (χ0v) is 12.8. The minimum Gasteiger partial charge on any atom is -0.376 e. The van der Waals surface area contributed by atoms with E-state index in [0.29, 0.717) is 0 Å². The zero-order chi connectivity index (χ0) is 13.9. The van der Waals surface area contributed by atoms with Crippen molar-refractivity contribution >= 4 is 11.6 Å². The van der Waals surface area contributed by atoms with Crippen LogP contribution < -0.4 is 5.32 Å². The molecular weight excluding hydrogens is 262 g/mol. The lowest BCUT2D eigenvalue weighted by atomic mass is 9.78. The van der Waals surface area contributed by atoms with Crippen LogP contribution in [-0.4, -0.2) is 29.5 Å². The molecule has 1 N–H and O–H groups in total. The number of nitrogens with one attached hydrogen (secondary N) is 1. The SMILES string of the molecule is CCn1ncc(Cl)c1C(NC)C1(OC)CCCCC1. The van der Waals surface area contributed by atoms with Crippen molar-refractivity contribution in [2.75, 3.05) is 14.2 Å². The summed E-state index contributed by atoms with van der Waals surface area (Å²) < 4.78 is 7.92. The molecule has 0 amide bonds. The smallest absolute Gasteiger partial charge is 0.0888 e. The fraction of sp³-hybridized carbons (Fsp3) is 0.786. The molecule has 1 aromatic heterocycles. The number of nitrogens with zero attached hydrogens (tertiary/aromatic N) is 2. The molecule has 19 heavy (non-hydrogen) atoms. The highest BCUT2D eigenvalue weighted by Crippen LogP contribution is 2.42. The number of rotatable bonds is 5. The summed E-state index contributed by atoms with van der Waals surface area (Å²) in [4.78, 5) is 0. The van der Waals surface area contributed by atoms with E-state index in [-0.39, 0.29) is 11.6 Å². The molecule has 1 unspecified atom stereocenters. The molecule has 108 valence electrons. The summed E-state index contributed by atoms with van der Waals surface area (Å²) in [6.45, 7) is 2.90. The van der Waals surface area contributed by atoms with Gasteiger partial charge in [-0.2, -0.15) is 5.10 Å². The number of hydrogen-bond donors (Lipinski definition) is 1. The van der Waals surface area contributed by atoms with Gasteiger partial charge in [0.15, 0.2) is 0 Å². The first-order valence-electron chi connectivity index (χ1n) is 7.12. The van der Waals surface area contributed by atoms with Gasteiger partial charge in [-0.05, 0) is 26.8 Å². The summed E-state index contributed by atoms with van der Waals surface area (Å²) in [6.07, 6.45) is 7.59. The van der Waals surface area contributed by atoms with Gasteiger partial charge in [-0.1, -0.05) is 30.9 Å². The molecule has 1 aliphatic carbocycles.